The Morgan fingerprint density at radius 2 is 0.880 bits per heavy atom. The summed E-state index contributed by atoms with van der Waals surface area (Å²) in [5.74, 6) is -7.00. The van der Waals surface area contributed by atoms with E-state index in [2.05, 4.69) is 18.9 Å². The van der Waals surface area contributed by atoms with Gasteiger partial charge in [0.25, 0.3) is 5.79 Å². The molecule has 0 spiro atoms. The van der Waals surface area contributed by atoms with Crippen LogP contribution in [0.4, 0.5) is 39.5 Å². The van der Waals surface area contributed by atoms with Crippen LogP contribution < -0.4 is 0 Å². The number of alkyl halides is 9. The third-order valence-corrected chi connectivity index (χ3v) is 2.68. The zero-order valence-corrected chi connectivity index (χ0v) is 13.9. The lowest BCUT2D eigenvalue weighted by molar-refractivity contribution is -0.457. The molecule has 0 atom stereocenters. The van der Waals surface area contributed by atoms with E-state index in [0.717, 1.165) is 6.92 Å². The van der Waals surface area contributed by atoms with Crippen LogP contribution in [0.2, 0.25) is 0 Å². The minimum atomic E-state index is -5.67. The summed E-state index contributed by atoms with van der Waals surface area (Å²) >= 11 is 0. The molecule has 0 amide bonds. The second kappa shape index (κ2) is 9.24. The standard InChI is InChI=1S/C7H13F3O2.C5H6F6O2/c1-4-11-6(3,12-5-2)7(8,9)10;1-12-3(13-2,4(6,7)8)5(9,10)11/h4-5H2,1-3H3;1-2H3. The lowest BCUT2D eigenvalue weighted by atomic mass is 10.2. The third-order valence-electron chi connectivity index (χ3n) is 2.68. The zero-order chi connectivity index (χ0) is 20.7. The van der Waals surface area contributed by atoms with Crippen molar-refractivity contribution in [1.82, 2.24) is 0 Å². The van der Waals surface area contributed by atoms with Crippen LogP contribution in [-0.2, 0) is 18.9 Å². The molecule has 0 saturated heterocycles. The number of halogens is 9. The van der Waals surface area contributed by atoms with Crippen LogP contribution in [-0.4, -0.2) is 57.5 Å². The maximum Gasteiger partial charge on any atom is 0.453 e. The summed E-state index contributed by atoms with van der Waals surface area (Å²) in [7, 11) is 0.537. The molecule has 0 heterocycles. The second-order valence-corrected chi connectivity index (χ2v) is 4.33. The fourth-order valence-electron chi connectivity index (χ4n) is 1.46. The van der Waals surface area contributed by atoms with Crippen molar-refractivity contribution in [3.63, 3.8) is 0 Å². The average molecular weight is 398 g/mol. The van der Waals surface area contributed by atoms with Crippen LogP contribution in [0.5, 0.6) is 0 Å². The normalized spacial score (nSPS) is 14.2. The molecule has 0 unspecified atom stereocenters. The molecule has 0 aromatic rings. The van der Waals surface area contributed by atoms with Crippen LogP contribution in [0.3, 0.4) is 0 Å². The van der Waals surface area contributed by atoms with Gasteiger partial charge in [-0.15, -0.1) is 0 Å². The van der Waals surface area contributed by atoms with Gasteiger partial charge in [-0.1, -0.05) is 0 Å². The van der Waals surface area contributed by atoms with Crippen molar-refractivity contribution in [3.8, 4) is 0 Å². The quantitative estimate of drug-likeness (QED) is 0.490. The maximum absolute atomic E-state index is 12.2. The van der Waals surface area contributed by atoms with Crippen molar-refractivity contribution < 1.29 is 58.5 Å². The van der Waals surface area contributed by atoms with E-state index in [-0.39, 0.29) is 27.4 Å². The van der Waals surface area contributed by atoms with Gasteiger partial charge in [0.15, 0.2) is 0 Å². The lowest BCUT2D eigenvalue weighted by Gasteiger charge is -2.33. The van der Waals surface area contributed by atoms with Crippen LogP contribution in [0.25, 0.3) is 0 Å². The minimum Gasteiger partial charge on any atom is -0.343 e. The average Bonchev–Trinajstić information content (AvgIpc) is 2.37. The monoisotopic (exact) mass is 398 g/mol. The molecule has 0 aliphatic carbocycles. The Labute approximate surface area is 138 Å². The molecule has 0 aromatic carbocycles. The van der Waals surface area contributed by atoms with Crippen LogP contribution in [0.15, 0.2) is 0 Å². The molecule has 4 nitrogen and oxygen atoms in total. The molecule has 154 valence electrons. The summed E-state index contributed by atoms with van der Waals surface area (Å²) in [5, 5.41) is 0. The second-order valence-electron chi connectivity index (χ2n) is 4.33. The molecule has 0 fully saturated rings. The van der Waals surface area contributed by atoms with Gasteiger partial charge in [-0.25, -0.2) is 0 Å². The number of rotatable bonds is 6. The van der Waals surface area contributed by atoms with Crippen molar-refractivity contribution in [3.05, 3.63) is 0 Å². The largest absolute Gasteiger partial charge is 0.453 e. The van der Waals surface area contributed by atoms with E-state index in [1.807, 2.05) is 0 Å². The Balaban J connectivity index is 0. The first-order chi connectivity index (χ1) is 11.0. The first kappa shape index (κ1) is 26.4. The Morgan fingerprint density at radius 1 is 0.600 bits per heavy atom. The summed E-state index contributed by atoms with van der Waals surface area (Å²) in [5.41, 5.74) is 0. The molecule has 0 aliphatic rings. The molecule has 25 heavy (non-hydrogen) atoms. The highest BCUT2D eigenvalue weighted by atomic mass is 19.4. The topological polar surface area (TPSA) is 36.9 Å². The highest BCUT2D eigenvalue weighted by Crippen LogP contribution is 2.45. The van der Waals surface area contributed by atoms with Crippen molar-refractivity contribution in [2.45, 2.75) is 50.9 Å². The number of hydrogen-bond donors (Lipinski definition) is 0. The van der Waals surface area contributed by atoms with Gasteiger partial charge in [-0.05, 0) is 20.8 Å². The molecule has 0 aromatic heterocycles. The molecule has 0 saturated carbocycles. The summed E-state index contributed by atoms with van der Waals surface area (Å²) in [6.07, 6.45) is -15.8. The van der Waals surface area contributed by atoms with Crippen molar-refractivity contribution in [2.24, 2.45) is 0 Å². The highest BCUT2D eigenvalue weighted by molar-refractivity contribution is 4.86. The zero-order valence-electron chi connectivity index (χ0n) is 13.9. The maximum atomic E-state index is 12.2. The molecule has 0 aliphatic heterocycles. The van der Waals surface area contributed by atoms with Gasteiger partial charge in [0.05, 0.1) is 0 Å². The molecule has 0 radical (unpaired) electrons. The molecule has 0 bridgehead atoms. The van der Waals surface area contributed by atoms with E-state index in [1.54, 1.807) is 0 Å². The van der Waals surface area contributed by atoms with Crippen molar-refractivity contribution in [2.75, 3.05) is 27.4 Å². The minimum absolute atomic E-state index is 0.0317. The van der Waals surface area contributed by atoms with Crippen molar-refractivity contribution >= 4 is 0 Å². The molecular formula is C12H19F9O4. The first-order valence-corrected chi connectivity index (χ1v) is 6.58. The predicted molar refractivity (Wildman–Crippen MR) is 66.6 cm³/mol. The Morgan fingerprint density at radius 3 is 0.960 bits per heavy atom. The van der Waals surface area contributed by atoms with E-state index in [9.17, 15) is 39.5 Å². The van der Waals surface area contributed by atoms with E-state index < -0.39 is 30.1 Å². The van der Waals surface area contributed by atoms with Gasteiger partial charge in [-0.2, -0.15) is 39.5 Å². The number of methoxy groups -OCH3 is 2. The SMILES string of the molecule is CCOC(C)(OCC)C(F)(F)F.COC(OC)(C(F)(F)F)C(F)(F)F. The van der Waals surface area contributed by atoms with Gasteiger partial charge in [-0.3, -0.25) is 0 Å². The smallest absolute Gasteiger partial charge is 0.343 e. The fourth-order valence-corrected chi connectivity index (χ4v) is 1.46. The molecular weight excluding hydrogens is 379 g/mol. The van der Waals surface area contributed by atoms with E-state index in [4.69, 9.17) is 0 Å². The fraction of sp³-hybridized carbons (Fsp3) is 1.00. The highest BCUT2D eigenvalue weighted by Gasteiger charge is 2.73. The Bertz CT molecular complexity index is 350. The summed E-state index contributed by atoms with van der Waals surface area (Å²) < 4.78 is 124. The van der Waals surface area contributed by atoms with Crippen molar-refractivity contribution in [1.29, 1.82) is 0 Å². The van der Waals surface area contributed by atoms with Gasteiger partial charge < -0.3 is 18.9 Å². The van der Waals surface area contributed by atoms with Crippen LogP contribution in [0.1, 0.15) is 20.8 Å². The molecule has 13 heteroatoms. The lowest BCUT2D eigenvalue weighted by Crippen LogP contribution is -2.59. The van der Waals surface area contributed by atoms with Gasteiger partial charge in [0.2, 0.25) is 0 Å². The predicted octanol–water partition coefficient (Wildman–Crippen LogP) is 4.44. The summed E-state index contributed by atoms with van der Waals surface area (Å²) in [6, 6.07) is 0. The summed E-state index contributed by atoms with van der Waals surface area (Å²) in [4.78, 5) is 0. The molecule has 0 rings (SSSR count). The Kier molecular flexibility index (Phi) is 9.77. The Hall–Kier alpha value is -0.790. The molecule has 0 N–H and O–H groups in total. The van der Waals surface area contributed by atoms with E-state index in [0.29, 0.717) is 0 Å². The number of ether oxygens (including phenoxy) is 4. The van der Waals surface area contributed by atoms with Gasteiger partial charge in [0, 0.05) is 27.4 Å². The van der Waals surface area contributed by atoms with E-state index in [1.165, 1.54) is 13.8 Å². The van der Waals surface area contributed by atoms with Gasteiger partial charge >= 0.3 is 24.3 Å². The van der Waals surface area contributed by atoms with E-state index >= 15 is 0 Å². The third kappa shape index (κ3) is 6.46. The number of hydrogen-bond acceptors (Lipinski definition) is 4. The summed E-state index contributed by atoms with van der Waals surface area (Å²) in [6.45, 7) is 3.79. The van der Waals surface area contributed by atoms with Gasteiger partial charge in [0.1, 0.15) is 0 Å². The van der Waals surface area contributed by atoms with Crippen LogP contribution in [0, 0.1) is 0 Å². The van der Waals surface area contributed by atoms with Crippen LogP contribution >= 0.6 is 0 Å². The first-order valence-electron chi connectivity index (χ1n) is 6.58.